The Morgan fingerprint density at radius 2 is 2.05 bits per heavy atom. The zero-order valence-corrected chi connectivity index (χ0v) is 11.2. The van der Waals surface area contributed by atoms with Gasteiger partial charge in [0.15, 0.2) is 5.78 Å². The first-order valence-electron chi connectivity index (χ1n) is 5.83. The molecule has 5 heteroatoms. The maximum absolute atomic E-state index is 12.0. The van der Waals surface area contributed by atoms with Crippen molar-refractivity contribution in [3.63, 3.8) is 0 Å². The number of rotatable bonds is 5. The lowest BCUT2D eigenvalue weighted by Gasteiger charge is -2.03. The van der Waals surface area contributed by atoms with Crippen molar-refractivity contribution in [3.8, 4) is 5.75 Å². The Morgan fingerprint density at radius 1 is 1.32 bits per heavy atom. The van der Waals surface area contributed by atoms with Gasteiger partial charge < -0.3 is 4.74 Å². The summed E-state index contributed by atoms with van der Waals surface area (Å²) in [6.07, 6.45) is 2.49. The Hall–Kier alpha value is -1.94. The number of hydrogen-bond donors (Lipinski definition) is 0. The van der Waals surface area contributed by atoms with Crippen LogP contribution in [-0.2, 0) is 6.42 Å². The van der Waals surface area contributed by atoms with E-state index in [4.69, 9.17) is 16.3 Å². The molecule has 0 unspecified atom stereocenters. The van der Waals surface area contributed by atoms with E-state index >= 15 is 0 Å². The van der Waals surface area contributed by atoms with Crippen LogP contribution in [0.3, 0.4) is 0 Å². The fourth-order valence-electron chi connectivity index (χ4n) is 1.63. The Labute approximate surface area is 116 Å². The van der Waals surface area contributed by atoms with Crippen molar-refractivity contribution < 1.29 is 9.53 Å². The van der Waals surface area contributed by atoms with Gasteiger partial charge in [-0.25, -0.2) is 0 Å². The summed E-state index contributed by atoms with van der Waals surface area (Å²) in [5, 5.41) is 8.23. The number of aromatic nitrogens is 2. The van der Waals surface area contributed by atoms with Gasteiger partial charge >= 0.3 is 0 Å². The van der Waals surface area contributed by atoms with Gasteiger partial charge in [0.1, 0.15) is 11.4 Å². The molecule has 0 N–H and O–H groups in total. The zero-order chi connectivity index (χ0) is 13.7. The molecule has 0 saturated carbocycles. The number of benzene rings is 1. The van der Waals surface area contributed by atoms with E-state index in [0.717, 1.165) is 5.56 Å². The van der Waals surface area contributed by atoms with E-state index in [1.165, 1.54) is 13.3 Å². The molecule has 19 heavy (non-hydrogen) atoms. The first-order chi connectivity index (χ1) is 9.19. The van der Waals surface area contributed by atoms with Gasteiger partial charge in [0.05, 0.1) is 13.3 Å². The van der Waals surface area contributed by atoms with E-state index < -0.39 is 0 Å². The minimum absolute atomic E-state index is 0.0543. The Kier molecular flexibility index (Phi) is 4.47. The molecule has 0 radical (unpaired) electrons. The lowest BCUT2D eigenvalue weighted by molar-refractivity contribution is 0.0976. The molecule has 0 fully saturated rings. The van der Waals surface area contributed by atoms with Crippen molar-refractivity contribution in [1.82, 2.24) is 10.2 Å². The number of halogens is 1. The third-order valence-corrected chi connectivity index (χ3v) is 2.96. The van der Waals surface area contributed by atoms with Crippen molar-refractivity contribution >= 4 is 17.4 Å². The summed E-state index contributed by atoms with van der Waals surface area (Å²) < 4.78 is 5.01. The van der Waals surface area contributed by atoms with Crippen molar-refractivity contribution in [2.24, 2.45) is 0 Å². The molecule has 98 valence electrons. The number of Topliss-reactive ketones (excluding diaryl/α,β-unsaturated/α-hetero) is 1. The third kappa shape index (κ3) is 3.76. The largest absolute Gasteiger partial charge is 0.495 e. The van der Waals surface area contributed by atoms with E-state index in [0.29, 0.717) is 29.3 Å². The minimum atomic E-state index is -0.0543. The molecule has 1 heterocycles. The van der Waals surface area contributed by atoms with Crippen LogP contribution in [0.25, 0.3) is 0 Å². The molecule has 1 aromatic carbocycles. The smallest absolute Gasteiger partial charge is 0.183 e. The fraction of sp³-hybridized carbons (Fsp3) is 0.214. The molecule has 4 nitrogen and oxygen atoms in total. The van der Waals surface area contributed by atoms with Gasteiger partial charge in [-0.15, -0.1) is 5.10 Å². The number of hydrogen-bond acceptors (Lipinski definition) is 4. The van der Waals surface area contributed by atoms with Crippen LogP contribution in [0.1, 0.15) is 22.5 Å². The summed E-state index contributed by atoms with van der Waals surface area (Å²) in [5.41, 5.74) is 1.39. The topological polar surface area (TPSA) is 52.1 Å². The Balaban J connectivity index is 1.99. The average Bonchev–Trinajstić information content (AvgIpc) is 2.46. The van der Waals surface area contributed by atoms with Crippen molar-refractivity contribution in [2.45, 2.75) is 12.8 Å². The monoisotopic (exact) mass is 276 g/mol. The maximum atomic E-state index is 12.0. The van der Waals surface area contributed by atoms with Crippen LogP contribution in [0, 0.1) is 0 Å². The highest BCUT2D eigenvalue weighted by Crippen LogP contribution is 2.13. The lowest BCUT2D eigenvalue weighted by atomic mass is 10.1. The second kappa shape index (κ2) is 6.29. The van der Waals surface area contributed by atoms with Gasteiger partial charge in [-0.3, -0.25) is 4.79 Å². The van der Waals surface area contributed by atoms with Crippen LogP contribution in [-0.4, -0.2) is 23.1 Å². The van der Waals surface area contributed by atoms with Gasteiger partial charge in [0.25, 0.3) is 0 Å². The number of ether oxygens (including phenoxy) is 1. The number of methoxy groups -OCH3 is 1. The molecule has 1 aromatic heterocycles. The number of carbonyl (C=O) groups is 1. The second-order valence-corrected chi connectivity index (χ2v) is 4.47. The maximum Gasteiger partial charge on any atom is 0.183 e. The number of carbonyl (C=O) groups excluding carboxylic acids is 1. The predicted molar refractivity (Wildman–Crippen MR) is 72.7 cm³/mol. The van der Waals surface area contributed by atoms with E-state index in [2.05, 4.69) is 10.2 Å². The number of aryl methyl sites for hydroxylation is 1. The van der Waals surface area contributed by atoms with Crippen LogP contribution >= 0.6 is 11.6 Å². The SMILES string of the molecule is COc1cnnc(C(=O)CCc2ccc(Cl)cc2)c1. The molecule has 0 aliphatic carbocycles. The van der Waals surface area contributed by atoms with E-state index in [1.54, 1.807) is 6.07 Å². The van der Waals surface area contributed by atoms with Crippen molar-refractivity contribution in [3.05, 3.63) is 52.8 Å². The van der Waals surface area contributed by atoms with Crippen LogP contribution < -0.4 is 4.74 Å². The number of ketones is 1. The van der Waals surface area contributed by atoms with E-state index in [-0.39, 0.29) is 5.78 Å². The highest BCUT2D eigenvalue weighted by Gasteiger charge is 2.09. The Morgan fingerprint density at radius 3 is 2.74 bits per heavy atom. The van der Waals surface area contributed by atoms with Gasteiger partial charge in [0.2, 0.25) is 0 Å². The third-order valence-electron chi connectivity index (χ3n) is 2.70. The molecule has 0 bridgehead atoms. The summed E-state index contributed by atoms with van der Waals surface area (Å²) >= 11 is 5.80. The quantitative estimate of drug-likeness (QED) is 0.788. The van der Waals surface area contributed by atoms with E-state index in [9.17, 15) is 4.79 Å². The van der Waals surface area contributed by atoms with Crippen molar-refractivity contribution in [2.75, 3.05) is 7.11 Å². The summed E-state index contributed by atoms with van der Waals surface area (Å²) in [7, 11) is 1.53. The average molecular weight is 277 g/mol. The van der Waals surface area contributed by atoms with Crippen LogP contribution in [0.4, 0.5) is 0 Å². The van der Waals surface area contributed by atoms with Crippen LogP contribution in [0.5, 0.6) is 5.75 Å². The van der Waals surface area contributed by atoms with Gasteiger partial charge in [-0.2, -0.15) is 5.10 Å². The van der Waals surface area contributed by atoms with Gasteiger partial charge in [-0.1, -0.05) is 23.7 Å². The minimum Gasteiger partial charge on any atom is -0.495 e. The summed E-state index contributed by atoms with van der Waals surface area (Å²) in [6, 6.07) is 9.04. The highest BCUT2D eigenvalue weighted by atomic mass is 35.5. The number of nitrogens with zero attached hydrogens (tertiary/aromatic N) is 2. The van der Waals surface area contributed by atoms with E-state index in [1.807, 2.05) is 24.3 Å². The van der Waals surface area contributed by atoms with Gasteiger partial charge in [0, 0.05) is 17.5 Å². The van der Waals surface area contributed by atoms with Crippen LogP contribution in [0.2, 0.25) is 5.02 Å². The molecule has 0 atom stereocenters. The van der Waals surface area contributed by atoms with Crippen molar-refractivity contribution in [1.29, 1.82) is 0 Å². The molecular weight excluding hydrogens is 264 g/mol. The summed E-state index contributed by atoms with van der Waals surface area (Å²) in [5.74, 6) is 0.478. The standard InChI is InChI=1S/C14H13ClN2O2/c1-19-12-8-13(17-16-9-12)14(18)7-4-10-2-5-11(15)6-3-10/h2-3,5-6,8-9H,4,7H2,1H3. The predicted octanol–water partition coefficient (Wildman–Crippen LogP) is 2.95. The summed E-state index contributed by atoms with van der Waals surface area (Å²) in [4.78, 5) is 12.0. The highest BCUT2D eigenvalue weighted by molar-refractivity contribution is 6.30. The molecule has 0 amide bonds. The second-order valence-electron chi connectivity index (χ2n) is 4.03. The zero-order valence-electron chi connectivity index (χ0n) is 10.5. The normalized spacial score (nSPS) is 10.2. The molecule has 2 rings (SSSR count). The van der Waals surface area contributed by atoms with Gasteiger partial charge in [-0.05, 0) is 24.1 Å². The Bertz CT molecular complexity index is 570. The fourth-order valence-corrected chi connectivity index (χ4v) is 1.76. The first-order valence-corrected chi connectivity index (χ1v) is 6.21. The van der Waals surface area contributed by atoms with Crippen LogP contribution in [0.15, 0.2) is 36.5 Å². The molecule has 0 saturated heterocycles. The molecule has 2 aromatic rings. The molecular formula is C14H13ClN2O2. The summed E-state index contributed by atoms with van der Waals surface area (Å²) in [6.45, 7) is 0. The molecule has 0 spiro atoms. The lowest BCUT2D eigenvalue weighted by Crippen LogP contribution is -2.05. The molecule has 0 aliphatic heterocycles. The molecule has 0 aliphatic rings. The first kappa shape index (κ1) is 13.5.